The molecular formula is C20H24O5. The van der Waals surface area contributed by atoms with Gasteiger partial charge in [0, 0.05) is 11.6 Å². The Balaban J connectivity index is 2.19. The van der Waals surface area contributed by atoms with E-state index in [1.54, 1.807) is 0 Å². The van der Waals surface area contributed by atoms with E-state index in [9.17, 15) is 9.59 Å². The van der Waals surface area contributed by atoms with Gasteiger partial charge < -0.3 is 13.9 Å². The molecule has 0 bridgehead atoms. The molecule has 0 saturated carbocycles. The summed E-state index contributed by atoms with van der Waals surface area (Å²) in [6.07, 6.45) is 1.58. The number of carbonyl (C=O) groups excluding carboxylic acids is 1. The van der Waals surface area contributed by atoms with E-state index >= 15 is 0 Å². The molecule has 1 aromatic carbocycles. The van der Waals surface area contributed by atoms with E-state index < -0.39 is 5.97 Å². The van der Waals surface area contributed by atoms with Crippen LogP contribution in [0, 0.1) is 6.92 Å². The third-order valence-corrected chi connectivity index (χ3v) is 4.57. The largest absolute Gasteiger partial charge is 0.487 e. The Hall–Kier alpha value is -2.30. The highest BCUT2D eigenvalue weighted by Crippen LogP contribution is 2.44. The first-order valence-corrected chi connectivity index (χ1v) is 8.71. The standard InChI is InChI=1S/C20H24O5/c1-6-7-23-19(22)16-9-15(21)14-8-13-11(2)10-20(4,5)25-18(13)12(3)17(14)24-16/h8-9,11H,6-7,10H2,1-5H3. The van der Waals surface area contributed by atoms with Crippen LogP contribution in [0.1, 0.15) is 68.1 Å². The summed E-state index contributed by atoms with van der Waals surface area (Å²) in [7, 11) is 0. The van der Waals surface area contributed by atoms with Crippen LogP contribution in [0.3, 0.4) is 0 Å². The molecule has 25 heavy (non-hydrogen) atoms. The molecule has 0 N–H and O–H groups in total. The Morgan fingerprint density at radius 3 is 2.76 bits per heavy atom. The van der Waals surface area contributed by atoms with Gasteiger partial charge in [0.05, 0.1) is 12.0 Å². The Labute approximate surface area is 146 Å². The van der Waals surface area contributed by atoms with Crippen molar-refractivity contribution in [2.24, 2.45) is 0 Å². The number of hydrogen-bond acceptors (Lipinski definition) is 5. The van der Waals surface area contributed by atoms with Crippen molar-refractivity contribution in [3.63, 3.8) is 0 Å². The zero-order valence-electron chi connectivity index (χ0n) is 15.4. The Morgan fingerprint density at radius 1 is 1.36 bits per heavy atom. The van der Waals surface area contributed by atoms with E-state index in [-0.39, 0.29) is 22.7 Å². The van der Waals surface area contributed by atoms with Crippen LogP contribution in [0.5, 0.6) is 5.75 Å². The predicted octanol–water partition coefficient (Wildman–Crippen LogP) is 4.33. The van der Waals surface area contributed by atoms with E-state index in [0.717, 1.165) is 23.3 Å². The minimum atomic E-state index is -0.618. The number of benzene rings is 1. The van der Waals surface area contributed by atoms with Gasteiger partial charge in [0.15, 0.2) is 5.43 Å². The Bertz CT molecular complexity index is 891. The van der Waals surface area contributed by atoms with Crippen LogP contribution in [0.25, 0.3) is 11.0 Å². The number of ether oxygens (including phenoxy) is 2. The van der Waals surface area contributed by atoms with Gasteiger partial charge in [0.1, 0.15) is 16.9 Å². The summed E-state index contributed by atoms with van der Waals surface area (Å²) in [6, 6.07) is 3.05. The third kappa shape index (κ3) is 3.15. The molecule has 0 saturated heterocycles. The molecule has 5 nitrogen and oxygen atoms in total. The average molecular weight is 344 g/mol. The zero-order chi connectivity index (χ0) is 18.4. The molecular weight excluding hydrogens is 320 g/mol. The maximum Gasteiger partial charge on any atom is 0.374 e. The van der Waals surface area contributed by atoms with Gasteiger partial charge in [0.25, 0.3) is 0 Å². The first-order valence-electron chi connectivity index (χ1n) is 8.71. The van der Waals surface area contributed by atoms with E-state index in [2.05, 4.69) is 6.92 Å². The quantitative estimate of drug-likeness (QED) is 0.775. The second-order valence-corrected chi connectivity index (χ2v) is 7.37. The van der Waals surface area contributed by atoms with Gasteiger partial charge in [-0.1, -0.05) is 13.8 Å². The maximum absolute atomic E-state index is 12.5. The van der Waals surface area contributed by atoms with Gasteiger partial charge in [-0.05, 0) is 51.2 Å². The molecule has 0 amide bonds. The second kappa shape index (κ2) is 6.21. The van der Waals surface area contributed by atoms with Gasteiger partial charge in [-0.25, -0.2) is 4.79 Å². The monoisotopic (exact) mass is 344 g/mol. The summed E-state index contributed by atoms with van der Waals surface area (Å²) in [5, 5.41) is 0.471. The lowest BCUT2D eigenvalue weighted by atomic mass is 9.84. The van der Waals surface area contributed by atoms with Crippen molar-refractivity contribution in [3.8, 4) is 5.75 Å². The zero-order valence-corrected chi connectivity index (χ0v) is 15.4. The molecule has 2 aromatic rings. The number of rotatable bonds is 3. The maximum atomic E-state index is 12.5. The summed E-state index contributed by atoms with van der Waals surface area (Å²) < 4.78 is 17.0. The normalized spacial score (nSPS) is 18.5. The molecule has 0 radical (unpaired) electrons. The first-order chi connectivity index (χ1) is 11.7. The van der Waals surface area contributed by atoms with Crippen molar-refractivity contribution in [2.45, 2.75) is 59.0 Å². The fourth-order valence-corrected chi connectivity index (χ4v) is 3.49. The van der Waals surface area contributed by atoms with E-state index in [1.807, 2.05) is 33.8 Å². The summed E-state index contributed by atoms with van der Waals surface area (Å²) in [4.78, 5) is 24.6. The molecule has 2 heterocycles. The third-order valence-electron chi connectivity index (χ3n) is 4.57. The number of esters is 1. The lowest BCUT2D eigenvalue weighted by Crippen LogP contribution is -2.34. The molecule has 5 heteroatoms. The van der Waals surface area contributed by atoms with Gasteiger partial charge in [-0.15, -0.1) is 0 Å². The van der Waals surface area contributed by atoms with Crippen molar-refractivity contribution in [1.82, 2.24) is 0 Å². The lowest BCUT2D eigenvalue weighted by molar-refractivity contribution is 0.0468. The van der Waals surface area contributed by atoms with Crippen LogP contribution in [-0.4, -0.2) is 18.2 Å². The Kier molecular flexibility index (Phi) is 4.35. The minimum absolute atomic E-state index is 0.0721. The molecule has 1 atom stereocenters. The fourth-order valence-electron chi connectivity index (χ4n) is 3.49. The molecule has 1 aromatic heterocycles. The summed E-state index contributed by atoms with van der Waals surface area (Å²) in [6.45, 7) is 10.3. The smallest absolute Gasteiger partial charge is 0.374 e. The summed E-state index contributed by atoms with van der Waals surface area (Å²) in [5.74, 6) is 0.332. The van der Waals surface area contributed by atoms with Gasteiger partial charge in [-0.3, -0.25) is 4.79 Å². The molecule has 1 aliphatic rings. The van der Waals surface area contributed by atoms with Crippen LogP contribution in [-0.2, 0) is 4.74 Å². The van der Waals surface area contributed by atoms with Gasteiger partial charge >= 0.3 is 5.97 Å². The van der Waals surface area contributed by atoms with Crippen molar-refractivity contribution < 1.29 is 18.7 Å². The van der Waals surface area contributed by atoms with Crippen molar-refractivity contribution >= 4 is 16.9 Å². The summed E-state index contributed by atoms with van der Waals surface area (Å²) in [5.41, 5.74) is 1.61. The first kappa shape index (κ1) is 17.5. The van der Waals surface area contributed by atoms with Gasteiger partial charge in [0.2, 0.25) is 5.76 Å². The number of hydrogen-bond donors (Lipinski definition) is 0. The molecule has 0 fully saturated rings. The van der Waals surface area contributed by atoms with Crippen LogP contribution in [0.4, 0.5) is 0 Å². The second-order valence-electron chi connectivity index (χ2n) is 7.37. The molecule has 1 aliphatic heterocycles. The SMILES string of the molecule is CCCOC(=O)c1cc(=O)c2cc3c(c(C)c2o1)OC(C)(C)CC3C. The van der Waals surface area contributed by atoms with Crippen LogP contribution in [0.2, 0.25) is 0 Å². The van der Waals surface area contributed by atoms with E-state index in [1.165, 1.54) is 6.07 Å². The minimum Gasteiger partial charge on any atom is -0.487 e. The molecule has 0 spiro atoms. The lowest BCUT2D eigenvalue weighted by Gasteiger charge is -2.37. The molecule has 0 aliphatic carbocycles. The molecule has 1 unspecified atom stereocenters. The predicted molar refractivity (Wildman–Crippen MR) is 95.5 cm³/mol. The molecule has 3 rings (SSSR count). The number of aryl methyl sites for hydroxylation is 1. The summed E-state index contributed by atoms with van der Waals surface area (Å²) >= 11 is 0. The number of fused-ring (bicyclic) bond motifs is 2. The average Bonchev–Trinajstić information content (AvgIpc) is 2.53. The Morgan fingerprint density at radius 2 is 2.08 bits per heavy atom. The van der Waals surface area contributed by atoms with Crippen molar-refractivity contribution in [2.75, 3.05) is 6.61 Å². The molecule has 134 valence electrons. The number of carbonyl (C=O) groups is 1. The van der Waals surface area contributed by atoms with Crippen LogP contribution in [0.15, 0.2) is 21.3 Å². The van der Waals surface area contributed by atoms with Gasteiger partial charge in [-0.2, -0.15) is 0 Å². The fraction of sp³-hybridized carbons (Fsp3) is 0.500. The highest BCUT2D eigenvalue weighted by Gasteiger charge is 2.34. The highest BCUT2D eigenvalue weighted by atomic mass is 16.5. The van der Waals surface area contributed by atoms with Crippen molar-refractivity contribution in [1.29, 1.82) is 0 Å². The topological polar surface area (TPSA) is 65.7 Å². The van der Waals surface area contributed by atoms with E-state index in [4.69, 9.17) is 13.9 Å². The highest BCUT2D eigenvalue weighted by molar-refractivity contribution is 5.90. The van der Waals surface area contributed by atoms with Crippen LogP contribution < -0.4 is 10.2 Å². The van der Waals surface area contributed by atoms with Crippen molar-refractivity contribution in [3.05, 3.63) is 39.2 Å². The van der Waals surface area contributed by atoms with Crippen LogP contribution >= 0.6 is 0 Å². The van der Waals surface area contributed by atoms with E-state index in [0.29, 0.717) is 24.0 Å².